The third kappa shape index (κ3) is 2.10. The first-order valence-corrected chi connectivity index (χ1v) is 4.21. The van der Waals surface area contributed by atoms with Gasteiger partial charge in [-0.15, -0.1) is 0 Å². The number of nitrogens with one attached hydrogen (secondary N) is 1. The van der Waals surface area contributed by atoms with E-state index in [9.17, 15) is 4.79 Å². The summed E-state index contributed by atoms with van der Waals surface area (Å²) in [7, 11) is 0. The SMILES string of the molecule is CCCC[C@H]1OC(=O)N[C@H]1C. The molecule has 0 bridgehead atoms. The molecule has 1 aliphatic rings. The Morgan fingerprint density at radius 2 is 2.36 bits per heavy atom. The summed E-state index contributed by atoms with van der Waals surface area (Å²) in [5.74, 6) is 0. The van der Waals surface area contributed by atoms with Crippen LogP contribution in [0.5, 0.6) is 0 Å². The van der Waals surface area contributed by atoms with E-state index in [0.29, 0.717) is 0 Å². The summed E-state index contributed by atoms with van der Waals surface area (Å²) in [6.07, 6.45) is 3.10. The predicted molar refractivity (Wildman–Crippen MR) is 42.4 cm³/mol. The van der Waals surface area contributed by atoms with Crippen LogP contribution < -0.4 is 5.32 Å². The van der Waals surface area contributed by atoms with Crippen molar-refractivity contribution in [2.45, 2.75) is 45.3 Å². The molecule has 0 aromatic heterocycles. The molecule has 0 aromatic carbocycles. The van der Waals surface area contributed by atoms with Crippen LogP contribution >= 0.6 is 0 Å². The van der Waals surface area contributed by atoms with E-state index >= 15 is 0 Å². The van der Waals surface area contributed by atoms with Crippen molar-refractivity contribution in [3.8, 4) is 0 Å². The van der Waals surface area contributed by atoms with Crippen molar-refractivity contribution in [2.24, 2.45) is 0 Å². The Balaban J connectivity index is 2.28. The summed E-state index contributed by atoms with van der Waals surface area (Å²) in [4.78, 5) is 10.7. The van der Waals surface area contributed by atoms with Crippen LogP contribution in [0.3, 0.4) is 0 Å². The van der Waals surface area contributed by atoms with Gasteiger partial charge in [0.2, 0.25) is 0 Å². The zero-order valence-corrected chi connectivity index (χ0v) is 7.09. The largest absolute Gasteiger partial charge is 0.444 e. The van der Waals surface area contributed by atoms with Gasteiger partial charge < -0.3 is 10.1 Å². The van der Waals surface area contributed by atoms with E-state index in [2.05, 4.69) is 12.2 Å². The van der Waals surface area contributed by atoms with Crippen molar-refractivity contribution in [2.75, 3.05) is 0 Å². The number of carbonyl (C=O) groups is 1. The number of unbranched alkanes of at least 4 members (excludes halogenated alkanes) is 1. The number of amides is 1. The summed E-state index contributed by atoms with van der Waals surface area (Å²) in [6.45, 7) is 4.11. The average Bonchev–Trinajstić information content (AvgIpc) is 2.26. The lowest BCUT2D eigenvalue weighted by molar-refractivity contribution is 0.126. The maximum atomic E-state index is 10.7. The van der Waals surface area contributed by atoms with E-state index in [1.165, 1.54) is 0 Å². The summed E-state index contributed by atoms with van der Waals surface area (Å²) < 4.78 is 5.03. The zero-order valence-electron chi connectivity index (χ0n) is 7.09. The molecule has 0 aromatic rings. The first kappa shape index (κ1) is 8.37. The van der Waals surface area contributed by atoms with Gasteiger partial charge >= 0.3 is 6.09 Å². The van der Waals surface area contributed by atoms with Crippen LogP contribution in [0.2, 0.25) is 0 Å². The molecule has 11 heavy (non-hydrogen) atoms. The maximum Gasteiger partial charge on any atom is 0.407 e. The second kappa shape index (κ2) is 3.60. The van der Waals surface area contributed by atoms with Gasteiger partial charge in [0.1, 0.15) is 6.10 Å². The normalized spacial score (nSPS) is 29.8. The lowest BCUT2D eigenvalue weighted by Crippen LogP contribution is -2.27. The minimum atomic E-state index is -0.265. The van der Waals surface area contributed by atoms with E-state index in [1.54, 1.807) is 0 Å². The van der Waals surface area contributed by atoms with Crippen LogP contribution in [0.4, 0.5) is 4.79 Å². The monoisotopic (exact) mass is 157 g/mol. The van der Waals surface area contributed by atoms with Gasteiger partial charge in [0, 0.05) is 0 Å². The lowest BCUT2D eigenvalue weighted by atomic mass is 10.1. The van der Waals surface area contributed by atoms with Gasteiger partial charge in [0.15, 0.2) is 0 Å². The van der Waals surface area contributed by atoms with Gasteiger partial charge in [-0.3, -0.25) is 0 Å². The smallest absolute Gasteiger partial charge is 0.407 e. The van der Waals surface area contributed by atoms with Gasteiger partial charge in [-0.05, 0) is 19.8 Å². The fourth-order valence-corrected chi connectivity index (χ4v) is 1.27. The van der Waals surface area contributed by atoms with Crippen molar-refractivity contribution in [1.82, 2.24) is 5.32 Å². The highest BCUT2D eigenvalue weighted by molar-refractivity contribution is 5.70. The summed E-state index contributed by atoms with van der Waals surface area (Å²) in [5, 5.41) is 2.71. The van der Waals surface area contributed by atoms with Crippen molar-refractivity contribution < 1.29 is 9.53 Å². The molecule has 1 heterocycles. The molecule has 3 nitrogen and oxygen atoms in total. The number of hydrogen-bond acceptors (Lipinski definition) is 2. The molecular weight excluding hydrogens is 142 g/mol. The Labute approximate surface area is 67.1 Å². The van der Waals surface area contributed by atoms with Crippen molar-refractivity contribution in [3.63, 3.8) is 0 Å². The summed E-state index contributed by atoms with van der Waals surface area (Å²) in [6, 6.07) is 0.189. The van der Waals surface area contributed by atoms with Crippen LogP contribution in [-0.2, 0) is 4.74 Å². The second-order valence-electron chi connectivity index (χ2n) is 3.02. The van der Waals surface area contributed by atoms with Gasteiger partial charge in [-0.1, -0.05) is 13.3 Å². The summed E-state index contributed by atoms with van der Waals surface area (Å²) >= 11 is 0. The summed E-state index contributed by atoms with van der Waals surface area (Å²) in [5.41, 5.74) is 0. The van der Waals surface area contributed by atoms with E-state index in [1.807, 2.05) is 6.92 Å². The molecule has 0 saturated carbocycles. The molecule has 0 radical (unpaired) electrons. The zero-order chi connectivity index (χ0) is 8.27. The second-order valence-corrected chi connectivity index (χ2v) is 3.02. The molecule has 1 saturated heterocycles. The fourth-order valence-electron chi connectivity index (χ4n) is 1.27. The van der Waals surface area contributed by atoms with Gasteiger partial charge in [0.25, 0.3) is 0 Å². The molecule has 0 aliphatic carbocycles. The molecule has 0 unspecified atom stereocenters. The fraction of sp³-hybridized carbons (Fsp3) is 0.875. The number of alkyl carbamates (subject to hydrolysis) is 1. The molecule has 1 fully saturated rings. The molecule has 64 valence electrons. The molecule has 0 spiro atoms. The Hall–Kier alpha value is -0.730. The number of rotatable bonds is 3. The number of hydrogen-bond donors (Lipinski definition) is 1. The van der Waals surface area contributed by atoms with Gasteiger partial charge in [0.05, 0.1) is 6.04 Å². The molecule has 1 aliphatic heterocycles. The van der Waals surface area contributed by atoms with Crippen LogP contribution in [0.15, 0.2) is 0 Å². The molecule has 1 amide bonds. The van der Waals surface area contributed by atoms with Gasteiger partial charge in [-0.2, -0.15) is 0 Å². The lowest BCUT2D eigenvalue weighted by Gasteiger charge is -2.10. The third-order valence-corrected chi connectivity index (χ3v) is 2.00. The van der Waals surface area contributed by atoms with E-state index in [4.69, 9.17) is 4.74 Å². The molecular formula is C8H15NO2. The van der Waals surface area contributed by atoms with E-state index in [0.717, 1.165) is 19.3 Å². The highest BCUT2D eigenvalue weighted by atomic mass is 16.6. The van der Waals surface area contributed by atoms with Gasteiger partial charge in [-0.25, -0.2) is 4.79 Å². The first-order valence-electron chi connectivity index (χ1n) is 4.21. The minimum Gasteiger partial charge on any atom is -0.444 e. The van der Waals surface area contributed by atoms with Crippen molar-refractivity contribution in [3.05, 3.63) is 0 Å². The quantitative estimate of drug-likeness (QED) is 0.676. The maximum absolute atomic E-state index is 10.7. The number of carbonyl (C=O) groups excluding carboxylic acids is 1. The van der Waals surface area contributed by atoms with Crippen molar-refractivity contribution in [1.29, 1.82) is 0 Å². The average molecular weight is 157 g/mol. The first-order chi connectivity index (χ1) is 5.24. The van der Waals surface area contributed by atoms with E-state index in [-0.39, 0.29) is 18.2 Å². The van der Waals surface area contributed by atoms with Crippen LogP contribution in [0, 0.1) is 0 Å². The third-order valence-electron chi connectivity index (χ3n) is 2.00. The Bertz CT molecular complexity index is 147. The van der Waals surface area contributed by atoms with E-state index < -0.39 is 0 Å². The van der Waals surface area contributed by atoms with Crippen LogP contribution in [-0.4, -0.2) is 18.2 Å². The van der Waals surface area contributed by atoms with Crippen molar-refractivity contribution >= 4 is 6.09 Å². The topological polar surface area (TPSA) is 38.3 Å². The number of ether oxygens (including phenoxy) is 1. The Kier molecular flexibility index (Phi) is 2.74. The minimum absolute atomic E-state index is 0.0995. The highest BCUT2D eigenvalue weighted by Crippen LogP contribution is 2.14. The van der Waals surface area contributed by atoms with Crippen LogP contribution in [0.1, 0.15) is 33.1 Å². The van der Waals surface area contributed by atoms with Crippen LogP contribution in [0.25, 0.3) is 0 Å². The molecule has 2 atom stereocenters. The standard InChI is InChI=1S/C8H15NO2/c1-3-4-5-7-6(2)9-8(10)11-7/h6-7H,3-5H2,1-2H3,(H,9,10)/t6-,7+/m0/s1. The Morgan fingerprint density at radius 1 is 1.64 bits per heavy atom. The predicted octanol–water partition coefficient (Wildman–Crippen LogP) is 1.67. The molecule has 1 rings (SSSR count). The number of cyclic esters (lactones) is 1. The Morgan fingerprint density at radius 3 is 2.82 bits per heavy atom. The molecule has 3 heteroatoms. The molecule has 1 N–H and O–H groups in total. The highest BCUT2D eigenvalue weighted by Gasteiger charge is 2.29.